The summed E-state index contributed by atoms with van der Waals surface area (Å²) in [6.07, 6.45) is 0. The van der Waals surface area contributed by atoms with E-state index in [-0.39, 0.29) is 0 Å². The first kappa shape index (κ1) is 35.2. The van der Waals surface area contributed by atoms with Crippen molar-refractivity contribution in [3.8, 4) is 50.2 Å². The van der Waals surface area contributed by atoms with Gasteiger partial charge in [-0.1, -0.05) is 206 Å². The van der Waals surface area contributed by atoms with Crippen molar-refractivity contribution in [1.29, 1.82) is 0 Å². The maximum atomic E-state index is 2.48. The number of benzene rings is 10. The molecule has 11 rings (SSSR count). The molecular weight excluding hydrogens is 725 g/mol. The van der Waals surface area contributed by atoms with Crippen LogP contribution in [-0.2, 0) is 0 Å². The summed E-state index contributed by atoms with van der Waals surface area (Å²) in [4.78, 5) is 2.48. The molecule has 0 saturated carbocycles. The van der Waals surface area contributed by atoms with Crippen LogP contribution >= 0.6 is 0 Å². The van der Waals surface area contributed by atoms with Crippen LogP contribution < -0.4 is 4.90 Å². The first-order valence-electron chi connectivity index (χ1n) is 20.6. The number of rotatable bonds is 8. The van der Waals surface area contributed by atoms with E-state index >= 15 is 0 Å². The fourth-order valence-electron chi connectivity index (χ4n) is 9.04. The van der Waals surface area contributed by atoms with E-state index in [2.05, 4.69) is 252 Å². The lowest BCUT2D eigenvalue weighted by Crippen LogP contribution is -2.13. The van der Waals surface area contributed by atoms with E-state index in [1.54, 1.807) is 0 Å². The zero-order valence-electron chi connectivity index (χ0n) is 33.0. The molecule has 0 spiro atoms. The summed E-state index contributed by atoms with van der Waals surface area (Å²) in [5.74, 6) is 0. The lowest BCUT2D eigenvalue weighted by Gasteiger charge is -2.31. The van der Waals surface area contributed by atoms with Crippen LogP contribution in [0.5, 0.6) is 0 Å². The van der Waals surface area contributed by atoms with Gasteiger partial charge in [-0.25, -0.2) is 0 Å². The van der Waals surface area contributed by atoms with Crippen molar-refractivity contribution in [3.63, 3.8) is 0 Å². The molecule has 0 N–H and O–H groups in total. The molecule has 0 aliphatic carbocycles. The molecule has 1 aromatic heterocycles. The van der Waals surface area contributed by atoms with Crippen molar-refractivity contribution in [3.05, 3.63) is 243 Å². The predicted octanol–water partition coefficient (Wildman–Crippen LogP) is 16.1. The molecular formula is C58H40N2. The topological polar surface area (TPSA) is 8.17 Å². The van der Waals surface area contributed by atoms with Crippen molar-refractivity contribution in [1.82, 2.24) is 4.57 Å². The summed E-state index contributed by atoms with van der Waals surface area (Å²) in [5, 5.41) is 4.87. The Bertz CT molecular complexity index is 3290. The minimum absolute atomic E-state index is 1.07. The number of aromatic nitrogens is 1. The van der Waals surface area contributed by atoms with Crippen LogP contribution in [0.2, 0.25) is 0 Å². The number of anilines is 3. The third-order valence-corrected chi connectivity index (χ3v) is 11.8. The zero-order chi connectivity index (χ0) is 39.8. The summed E-state index contributed by atoms with van der Waals surface area (Å²) in [5.41, 5.74) is 16.2. The van der Waals surface area contributed by atoms with Gasteiger partial charge in [-0.3, -0.25) is 0 Å². The van der Waals surface area contributed by atoms with E-state index in [0.717, 1.165) is 45.0 Å². The Balaban J connectivity index is 1.22. The maximum Gasteiger partial charge on any atom is 0.0618 e. The normalized spacial score (nSPS) is 11.3. The van der Waals surface area contributed by atoms with Gasteiger partial charge >= 0.3 is 0 Å². The standard InChI is InChI=1S/C58H40N2/c1-4-18-41(19-5-1)42-34-36-46(37-35-42)59(58-50(45-22-8-3-9-23-45)29-17-31-54(58)51-30-16-25-43-24-10-11-26-48(43)51)47-38-39-53-52-28-13-15-33-56(52)60(57(53)40-47)55-32-14-12-27-49(55)44-20-6-2-7-21-44/h1-40H. The smallest absolute Gasteiger partial charge is 0.0618 e. The third-order valence-electron chi connectivity index (χ3n) is 11.8. The Hall–Kier alpha value is -7.94. The molecule has 0 amide bonds. The number of para-hydroxylation sites is 3. The van der Waals surface area contributed by atoms with Gasteiger partial charge in [-0.2, -0.15) is 0 Å². The van der Waals surface area contributed by atoms with Gasteiger partial charge in [0.25, 0.3) is 0 Å². The van der Waals surface area contributed by atoms with Crippen molar-refractivity contribution in [2.24, 2.45) is 0 Å². The number of hydrogen-bond acceptors (Lipinski definition) is 1. The van der Waals surface area contributed by atoms with E-state index in [0.29, 0.717) is 0 Å². The van der Waals surface area contributed by atoms with Crippen LogP contribution in [0.4, 0.5) is 17.1 Å². The molecule has 11 aromatic rings. The van der Waals surface area contributed by atoms with Gasteiger partial charge in [-0.05, 0) is 75.0 Å². The van der Waals surface area contributed by atoms with E-state index in [1.165, 1.54) is 54.9 Å². The Morgan fingerprint density at radius 2 is 0.783 bits per heavy atom. The lowest BCUT2D eigenvalue weighted by atomic mass is 9.91. The molecule has 1 heterocycles. The molecule has 2 heteroatoms. The van der Waals surface area contributed by atoms with E-state index in [9.17, 15) is 0 Å². The van der Waals surface area contributed by atoms with Gasteiger partial charge in [-0.15, -0.1) is 0 Å². The van der Waals surface area contributed by atoms with Crippen LogP contribution in [0.25, 0.3) is 82.8 Å². The lowest BCUT2D eigenvalue weighted by molar-refractivity contribution is 1.18. The number of fused-ring (bicyclic) bond motifs is 4. The van der Waals surface area contributed by atoms with E-state index < -0.39 is 0 Å². The minimum atomic E-state index is 1.07. The van der Waals surface area contributed by atoms with Crippen LogP contribution in [0, 0.1) is 0 Å². The first-order valence-corrected chi connectivity index (χ1v) is 20.6. The molecule has 0 aliphatic rings. The molecule has 0 fully saturated rings. The Labute approximate surface area is 350 Å². The maximum absolute atomic E-state index is 2.48. The summed E-state index contributed by atoms with van der Waals surface area (Å²) in [6.45, 7) is 0. The van der Waals surface area contributed by atoms with Gasteiger partial charge in [0.05, 0.1) is 22.4 Å². The second kappa shape index (κ2) is 15.1. The van der Waals surface area contributed by atoms with E-state index in [1.807, 2.05) is 0 Å². The third kappa shape index (κ3) is 6.14. The summed E-state index contributed by atoms with van der Waals surface area (Å²) in [6, 6.07) is 88.0. The minimum Gasteiger partial charge on any atom is -0.309 e. The van der Waals surface area contributed by atoms with Gasteiger partial charge in [0.15, 0.2) is 0 Å². The zero-order valence-corrected chi connectivity index (χ0v) is 33.0. The second-order valence-electron chi connectivity index (χ2n) is 15.3. The summed E-state index contributed by atoms with van der Waals surface area (Å²) in [7, 11) is 0. The molecule has 282 valence electrons. The highest BCUT2D eigenvalue weighted by atomic mass is 15.1. The fourth-order valence-corrected chi connectivity index (χ4v) is 9.04. The molecule has 0 atom stereocenters. The van der Waals surface area contributed by atoms with Gasteiger partial charge in [0.1, 0.15) is 0 Å². The largest absolute Gasteiger partial charge is 0.309 e. The van der Waals surface area contributed by atoms with E-state index in [4.69, 9.17) is 0 Å². The predicted molar refractivity (Wildman–Crippen MR) is 255 cm³/mol. The SMILES string of the molecule is c1ccc(-c2ccc(N(c3ccc4c5ccccc5n(-c5ccccc5-c5ccccc5)c4c3)c3c(-c4ccccc4)cccc3-c3cccc4ccccc34)cc2)cc1. The highest BCUT2D eigenvalue weighted by molar-refractivity contribution is 6.12. The molecule has 0 unspecified atom stereocenters. The van der Waals surface area contributed by atoms with Gasteiger partial charge < -0.3 is 9.47 Å². The number of hydrogen-bond donors (Lipinski definition) is 0. The molecule has 10 aromatic carbocycles. The summed E-state index contributed by atoms with van der Waals surface area (Å²) >= 11 is 0. The Morgan fingerprint density at radius 3 is 1.55 bits per heavy atom. The van der Waals surface area contributed by atoms with Crippen LogP contribution in [-0.4, -0.2) is 4.57 Å². The van der Waals surface area contributed by atoms with Crippen molar-refractivity contribution >= 4 is 49.6 Å². The van der Waals surface area contributed by atoms with Gasteiger partial charge in [0, 0.05) is 38.8 Å². The molecule has 2 nitrogen and oxygen atoms in total. The summed E-state index contributed by atoms with van der Waals surface area (Å²) < 4.78 is 2.46. The molecule has 60 heavy (non-hydrogen) atoms. The molecule has 0 bridgehead atoms. The quantitative estimate of drug-likeness (QED) is 0.150. The molecule has 0 aliphatic heterocycles. The molecule has 0 radical (unpaired) electrons. The van der Waals surface area contributed by atoms with Crippen LogP contribution in [0.15, 0.2) is 243 Å². The van der Waals surface area contributed by atoms with Crippen LogP contribution in [0.3, 0.4) is 0 Å². The highest BCUT2D eigenvalue weighted by Crippen LogP contribution is 2.49. The van der Waals surface area contributed by atoms with Crippen LogP contribution in [0.1, 0.15) is 0 Å². The fraction of sp³-hybridized carbons (Fsp3) is 0. The highest BCUT2D eigenvalue weighted by Gasteiger charge is 2.24. The molecule has 0 saturated heterocycles. The van der Waals surface area contributed by atoms with Crippen molar-refractivity contribution in [2.45, 2.75) is 0 Å². The average molecular weight is 765 g/mol. The Morgan fingerprint density at radius 1 is 0.283 bits per heavy atom. The van der Waals surface area contributed by atoms with Crippen molar-refractivity contribution in [2.75, 3.05) is 4.90 Å². The average Bonchev–Trinajstić information content (AvgIpc) is 3.66. The van der Waals surface area contributed by atoms with Crippen molar-refractivity contribution < 1.29 is 0 Å². The number of nitrogens with zero attached hydrogens (tertiary/aromatic N) is 2. The van der Waals surface area contributed by atoms with Gasteiger partial charge in [0.2, 0.25) is 0 Å². The first-order chi connectivity index (χ1) is 29.8. The monoisotopic (exact) mass is 764 g/mol. The second-order valence-corrected chi connectivity index (χ2v) is 15.3. The Kier molecular flexibility index (Phi) is 8.87.